The topological polar surface area (TPSA) is 83.0 Å². The minimum Gasteiger partial charge on any atom is -0.477 e. The Kier molecular flexibility index (Phi) is 2.97. The lowest BCUT2D eigenvalue weighted by atomic mass is 10.0. The number of hydrogen-bond acceptors (Lipinski definition) is 3. The van der Waals surface area contributed by atoms with Crippen LogP contribution in [0.15, 0.2) is 24.3 Å². The number of rotatable bonds is 3. The second kappa shape index (κ2) is 4.44. The summed E-state index contributed by atoms with van der Waals surface area (Å²) in [7, 11) is 0. The number of aromatic amines is 1. The van der Waals surface area contributed by atoms with Crippen LogP contribution in [0.3, 0.4) is 0 Å². The van der Waals surface area contributed by atoms with Gasteiger partial charge in [0.05, 0.1) is 0 Å². The fourth-order valence-corrected chi connectivity index (χ4v) is 1.67. The van der Waals surface area contributed by atoms with Crippen molar-refractivity contribution in [3.63, 3.8) is 0 Å². The molecule has 0 aliphatic heterocycles. The normalized spacial score (nSPS) is 10.3. The standard InChI is InChI=1S/C13H12N2O3/c1-7-3-4-8(2)9(5-7)12(16)10-6-11(13(17)18)15-14-10/h3-6H,1-2H3,(H,14,15)(H,17,18). The summed E-state index contributed by atoms with van der Waals surface area (Å²) >= 11 is 0. The highest BCUT2D eigenvalue weighted by molar-refractivity contribution is 6.09. The molecule has 5 nitrogen and oxygen atoms in total. The van der Waals surface area contributed by atoms with E-state index >= 15 is 0 Å². The second-order valence-corrected chi connectivity index (χ2v) is 4.12. The Hall–Kier alpha value is -2.43. The van der Waals surface area contributed by atoms with Gasteiger partial charge in [0, 0.05) is 11.6 Å². The Morgan fingerprint density at radius 1 is 1.22 bits per heavy atom. The minimum absolute atomic E-state index is 0.0938. The maximum Gasteiger partial charge on any atom is 0.353 e. The number of carbonyl (C=O) groups is 2. The summed E-state index contributed by atoms with van der Waals surface area (Å²) in [5.41, 5.74) is 2.37. The van der Waals surface area contributed by atoms with E-state index in [-0.39, 0.29) is 17.2 Å². The van der Waals surface area contributed by atoms with Gasteiger partial charge >= 0.3 is 5.97 Å². The zero-order valence-electron chi connectivity index (χ0n) is 10.0. The third kappa shape index (κ3) is 2.15. The van der Waals surface area contributed by atoms with Crippen LogP contribution in [0.5, 0.6) is 0 Å². The smallest absolute Gasteiger partial charge is 0.353 e. The summed E-state index contributed by atoms with van der Waals surface area (Å²) in [6.07, 6.45) is 0. The summed E-state index contributed by atoms with van der Waals surface area (Å²) in [5, 5.41) is 14.8. The van der Waals surface area contributed by atoms with Gasteiger partial charge in [-0.3, -0.25) is 9.89 Å². The first-order valence-electron chi connectivity index (χ1n) is 5.39. The molecule has 2 aromatic rings. The van der Waals surface area contributed by atoms with Gasteiger partial charge in [-0.15, -0.1) is 0 Å². The quantitative estimate of drug-likeness (QED) is 0.808. The van der Waals surface area contributed by atoms with Gasteiger partial charge in [0.1, 0.15) is 11.4 Å². The molecule has 0 spiro atoms. The molecule has 0 atom stereocenters. The Labute approximate surface area is 103 Å². The second-order valence-electron chi connectivity index (χ2n) is 4.12. The number of ketones is 1. The van der Waals surface area contributed by atoms with Crippen LogP contribution in [0.4, 0.5) is 0 Å². The maximum atomic E-state index is 12.2. The van der Waals surface area contributed by atoms with Crippen LogP contribution in [0.25, 0.3) is 0 Å². The van der Waals surface area contributed by atoms with Crippen molar-refractivity contribution in [3.8, 4) is 0 Å². The molecule has 2 rings (SSSR count). The number of aromatic nitrogens is 2. The average Bonchev–Trinajstić information content (AvgIpc) is 2.81. The third-order valence-electron chi connectivity index (χ3n) is 2.68. The van der Waals surface area contributed by atoms with E-state index in [9.17, 15) is 9.59 Å². The van der Waals surface area contributed by atoms with Crippen LogP contribution in [-0.2, 0) is 0 Å². The van der Waals surface area contributed by atoms with Crippen molar-refractivity contribution in [2.45, 2.75) is 13.8 Å². The zero-order valence-corrected chi connectivity index (χ0v) is 10.0. The third-order valence-corrected chi connectivity index (χ3v) is 2.68. The molecule has 0 aliphatic rings. The van der Waals surface area contributed by atoms with E-state index in [0.29, 0.717) is 5.56 Å². The number of H-pyrrole nitrogens is 1. The number of benzene rings is 1. The molecule has 2 N–H and O–H groups in total. The molecular weight excluding hydrogens is 232 g/mol. The molecule has 92 valence electrons. The lowest BCUT2D eigenvalue weighted by Gasteiger charge is -2.03. The van der Waals surface area contributed by atoms with Crippen molar-refractivity contribution in [3.05, 3.63) is 52.3 Å². The van der Waals surface area contributed by atoms with Crippen molar-refractivity contribution < 1.29 is 14.7 Å². The summed E-state index contributed by atoms with van der Waals surface area (Å²) < 4.78 is 0. The van der Waals surface area contributed by atoms with Crippen LogP contribution in [0.2, 0.25) is 0 Å². The van der Waals surface area contributed by atoms with E-state index in [1.54, 1.807) is 6.07 Å². The highest BCUT2D eigenvalue weighted by atomic mass is 16.4. The molecular formula is C13H12N2O3. The molecule has 5 heteroatoms. The van der Waals surface area contributed by atoms with E-state index in [0.717, 1.165) is 11.1 Å². The van der Waals surface area contributed by atoms with Crippen molar-refractivity contribution >= 4 is 11.8 Å². The molecule has 1 aromatic carbocycles. The molecule has 0 saturated carbocycles. The number of carbonyl (C=O) groups excluding carboxylic acids is 1. The van der Waals surface area contributed by atoms with Gasteiger partial charge in [-0.25, -0.2) is 4.79 Å². The van der Waals surface area contributed by atoms with Crippen LogP contribution in [0.1, 0.15) is 37.7 Å². The lowest BCUT2D eigenvalue weighted by Crippen LogP contribution is -2.04. The van der Waals surface area contributed by atoms with Gasteiger partial charge < -0.3 is 5.11 Å². The molecule has 0 unspecified atom stereocenters. The van der Waals surface area contributed by atoms with Gasteiger partial charge in [-0.1, -0.05) is 17.7 Å². The molecule has 1 aromatic heterocycles. The van der Waals surface area contributed by atoms with Gasteiger partial charge in [-0.2, -0.15) is 5.10 Å². The van der Waals surface area contributed by atoms with Crippen molar-refractivity contribution in [2.24, 2.45) is 0 Å². The number of carboxylic acids is 1. The Balaban J connectivity index is 2.41. The number of nitrogens with one attached hydrogen (secondary N) is 1. The molecule has 0 fully saturated rings. The predicted molar refractivity (Wildman–Crippen MR) is 64.9 cm³/mol. The first-order valence-corrected chi connectivity index (χ1v) is 5.39. The lowest BCUT2D eigenvalue weighted by molar-refractivity contribution is 0.0690. The summed E-state index contributed by atoms with van der Waals surface area (Å²) in [6, 6.07) is 6.78. The fourth-order valence-electron chi connectivity index (χ4n) is 1.67. The first-order chi connectivity index (χ1) is 8.49. The van der Waals surface area contributed by atoms with Crippen LogP contribution >= 0.6 is 0 Å². The monoisotopic (exact) mass is 244 g/mol. The van der Waals surface area contributed by atoms with Gasteiger partial charge in [0.15, 0.2) is 0 Å². The van der Waals surface area contributed by atoms with Gasteiger partial charge in [-0.05, 0) is 25.5 Å². The zero-order chi connectivity index (χ0) is 13.3. The number of aromatic carboxylic acids is 1. The molecule has 18 heavy (non-hydrogen) atoms. The molecule has 1 heterocycles. The van der Waals surface area contributed by atoms with Crippen LogP contribution < -0.4 is 0 Å². The SMILES string of the molecule is Cc1ccc(C)c(C(=O)c2cc(C(=O)O)[nH]n2)c1. The molecule has 0 bridgehead atoms. The summed E-state index contributed by atoms with van der Waals surface area (Å²) in [5.74, 6) is -1.41. The first kappa shape index (κ1) is 12.0. The highest BCUT2D eigenvalue weighted by Crippen LogP contribution is 2.15. The highest BCUT2D eigenvalue weighted by Gasteiger charge is 2.17. The van der Waals surface area contributed by atoms with E-state index in [1.807, 2.05) is 26.0 Å². The van der Waals surface area contributed by atoms with E-state index in [1.165, 1.54) is 6.07 Å². The minimum atomic E-state index is -1.14. The van der Waals surface area contributed by atoms with E-state index in [2.05, 4.69) is 10.2 Å². The Bertz CT molecular complexity index is 629. The van der Waals surface area contributed by atoms with Gasteiger partial charge in [0.25, 0.3) is 0 Å². The van der Waals surface area contributed by atoms with E-state index in [4.69, 9.17) is 5.11 Å². The number of aryl methyl sites for hydroxylation is 2. The Morgan fingerprint density at radius 2 is 1.94 bits per heavy atom. The van der Waals surface area contributed by atoms with E-state index < -0.39 is 5.97 Å². The fraction of sp³-hybridized carbons (Fsp3) is 0.154. The van der Waals surface area contributed by atoms with Gasteiger partial charge in [0.2, 0.25) is 5.78 Å². The predicted octanol–water partition coefficient (Wildman–Crippen LogP) is 1.96. The number of nitrogens with zero attached hydrogens (tertiary/aromatic N) is 1. The Morgan fingerprint density at radius 3 is 2.56 bits per heavy atom. The largest absolute Gasteiger partial charge is 0.477 e. The van der Waals surface area contributed by atoms with Crippen LogP contribution in [0, 0.1) is 13.8 Å². The van der Waals surface area contributed by atoms with Crippen LogP contribution in [-0.4, -0.2) is 27.1 Å². The average molecular weight is 244 g/mol. The molecule has 0 saturated heterocycles. The summed E-state index contributed by atoms with van der Waals surface area (Å²) in [6.45, 7) is 3.72. The summed E-state index contributed by atoms with van der Waals surface area (Å²) in [4.78, 5) is 22.9. The number of hydrogen-bond donors (Lipinski definition) is 2. The number of carboxylic acid groups (broad SMARTS) is 1. The van der Waals surface area contributed by atoms with Crippen molar-refractivity contribution in [2.75, 3.05) is 0 Å². The van der Waals surface area contributed by atoms with Crippen molar-refractivity contribution in [1.82, 2.24) is 10.2 Å². The maximum absolute atomic E-state index is 12.2. The van der Waals surface area contributed by atoms with Crippen molar-refractivity contribution in [1.29, 1.82) is 0 Å². The molecule has 0 amide bonds. The molecule has 0 radical (unpaired) electrons. The molecule has 0 aliphatic carbocycles.